The fraction of sp³-hybridized carbons (Fsp3) is 0.100. The zero-order chi connectivity index (χ0) is 21.9. The quantitative estimate of drug-likeness (QED) is 0.436. The maximum absolute atomic E-state index is 12.7. The molecule has 30 heavy (non-hydrogen) atoms. The molecule has 0 spiro atoms. The first-order valence-electron chi connectivity index (χ1n) is 8.72. The summed E-state index contributed by atoms with van der Waals surface area (Å²) >= 11 is 8.24. The van der Waals surface area contributed by atoms with Crippen molar-refractivity contribution in [1.29, 1.82) is 0 Å². The SMILES string of the molecule is Cc1cccc(C)c1NS(=O)(=O)c1ccc(NC(=S)NC(=O)c2ccc(Br)o2)cc1. The van der Waals surface area contributed by atoms with Gasteiger partial charge in [-0.15, -0.1) is 0 Å². The van der Waals surface area contributed by atoms with E-state index in [0.717, 1.165) is 11.1 Å². The van der Waals surface area contributed by atoms with E-state index in [2.05, 4.69) is 31.3 Å². The van der Waals surface area contributed by atoms with Crippen LogP contribution in [0.1, 0.15) is 21.7 Å². The normalized spacial score (nSPS) is 11.0. The molecule has 156 valence electrons. The highest BCUT2D eigenvalue weighted by atomic mass is 79.9. The highest BCUT2D eigenvalue weighted by Gasteiger charge is 2.17. The molecule has 0 unspecified atom stereocenters. The van der Waals surface area contributed by atoms with Gasteiger partial charge in [0.1, 0.15) is 0 Å². The molecule has 1 heterocycles. The minimum atomic E-state index is -3.75. The van der Waals surface area contributed by atoms with Gasteiger partial charge in [0.2, 0.25) is 0 Å². The molecule has 0 aliphatic heterocycles. The number of sulfonamides is 1. The lowest BCUT2D eigenvalue weighted by molar-refractivity contribution is 0.0949. The first-order valence-corrected chi connectivity index (χ1v) is 11.4. The molecular weight excluding hydrogens is 490 g/mol. The van der Waals surface area contributed by atoms with E-state index in [-0.39, 0.29) is 15.8 Å². The summed E-state index contributed by atoms with van der Waals surface area (Å²) in [4.78, 5) is 12.1. The summed E-state index contributed by atoms with van der Waals surface area (Å²) in [6.07, 6.45) is 0. The molecule has 2 aromatic carbocycles. The summed E-state index contributed by atoms with van der Waals surface area (Å²) in [6, 6.07) is 14.7. The number of furan rings is 1. The Morgan fingerprint density at radius 1 is 1.00 bits per heavy atom. The molecule has 0 bridgehead atoms. The number of aryl methyl sites for hydroxylation is 2. The van der Waals surface area contributed by atoms with E-state index in [1.165, 1.54) is 18.2 Å². The average Bonchev–Trinajstić information content (AvgIpc) is 3.12. The summed E-state index contributed by atoms with van der Waals surface area (Å²) in [5, 5.41) is 5.36. The van der Waals surface area contributed by atoms with Crippen LogP contribution in [0.5, 0.6) is 0 Å². The van der Waals surface area contributed by atoms with Crippen LogP contribution in [0, 0.1) is 13.8 Å². The van der Waals surface area contributed by atoms with E-state index in [0.29, 0.717) is 16.0 Å². The van der Waals surface area contributed by atoms with Crippen LogP contribution >= 0.6 is 28.1 Å². The Morgan fingerprint density at radius 2 is 1.63 bits per heavy atom. The highest BCUT2D eigenvalue weighted by Crippen LogP contribution is 2.24. The van der Waals surface area contributed by atoms with Crippen molar-refractivity contribution in [3.8, 4) is 0 Å². The Hall–Kier alpha value is -2.69. The maximum Gasteiger partial charge on any atom is 0.293 e. The zero-order valence-corrected chi connectivity index (χ0v) is 19.2. The first kappa shape index (κ1) is 22.0. The maximum atomic E-state index is 12.7. The number of nitrogens with one attached hydrogen (secondary N) is 3. The van der Waals surface area contributed by atoms with Crippen LogP contribution in [0.4, 0.5) is 11.4 Å². The molecule has 7 nitrogen and oxygen atoms in total. The van der Waals surface area contributed by atoms with Gasteiger partial charge in [0.25, 0.3) is 15.9 Å². The van der Waals surface area contributed by atoms with Gasteiger partial charge >= 0.3 is 0 Å². The summed E-state index contributed by atoms with van der Waals surface area (Å²) in [7, 11) is -3.75. The Balaban J connectivity index is 1.66. The molecule has 3 N–H and O–H groups in total. The summed E-state index contributed by atoms with van der Waals surface area (Å²) in [5.74, 6) is -0.403. The second-order valence-electron chi connectivity index (χ2n) is 6.41. The van der Waals surface area contributed by atoms with Crippen molar-refractivity contribution in [2.24, 2.45) is 0 Å². The van der Waals surface area contributed by atoms with E-state index in [4.69, 9.17) is 16.6 Å². The molecule has 0 aliphatic rings. The molecule has 0 aliphatic carbocycles. The van der Waals surface area contributed by atoms with E-state index in [1.54, 1.807) is 18.2 Å². The number of para-hydroxylation sites is 1. The number of amides is 1. The van der Waals surface area contributed by atoms with E-state index >= 15 is 0 Å². The van der Waals surface area contributed by atoms with Crippen molar-refractivity contribution in [3.63, 3.8) is 0 Å². The third kappa shape index (κ3) is 5.26. The zero-order valence-electron chi connectivity index (χ0n) is 16.0. The number of thiocarbonyl (C=S) groups is 1. The molecule has 0 fully saturated rings. The number of carbonyl (C=O) groups is 1. The topological polar surface area (TPSA) is 100 Å². The fourth-order valence-electron chi connectivity index (χ4n) is 2.65. The first-order chi connectivity index (χ1) is 14.2. The summed E-state index contributed by atoms with van der Waals surface area (Å²) in [6.45, 7) is 3.68. The Bertz CT molecular complexity index is 1180. The molecule has 0 radical (unpaired) electrons. The summed E-state index contributed by atoms with van der Waals surface area (Å²) in [5.41, 5.74) is 2.75. The van der Waals surface area contributed by atoms with Crippen molar-refractivity contribution in [2.75, 3.05) is 10.0 Å². The number of hydrogen-bond donors (Lipinski definition) is 3. The molecule has 0 saturated heterocycles. The van der Waals surface area contributed by atoms with Crippen molar-refractivity contribution in [1.82, 2.24) is 5.32 Å². The van der Waals surface area contributed by atoms with Crippen molar-refractivity contribution < 1.29 is 17.6 Å². The lowest BCUT2D eigenvalue weighted by atomic mass is 10.1. The van der Waals surface area contributed by atoms with Gasteiger partial charge in [-0.2, -0.15) is 0 Å². The van der Waals surface area contributed by atoms with Crippen LogP contribution in [0.15, 0.2) is 68.6 Å². The lowest BCUT2D eigenvalue weighted by Crippen LogP contribution is -2.33. The van der Waals surface area contributed by atoms with Crippen LogP contribution in [0.25, 0.3) is 0 Å². The van der Waals surface area contributed by atoms with Gasteiger partial charge in [0.15, 0.2) is 15.5 Å². The van der Waals surface area contributed by atoms with Crippen LogP contribution < -0.4 is 15.4 Å². The Labute approximate surface area is 188 Å². The minimum Gasteiger partial charge on any atom is -0.444 e. The predicted octanol–water partition coefficient (Wildman–Crippen LogP) is 4.59. The minimum absolute atomic E-state index is 0.0526. The van der Waals surface area contributed by atoms with Crippen LogP contribution in [-0.2, 0) is 10.0 Å². The second-order valence-corrected chi connectivity index (χ2v) is 9.28. The monoisotopic (exact) mass is 507 g/mol. The highest BCUT2D eigenvalue weighted by molar-refractivity contribution is 9.10. The molecule has 10 heteroatoms. The molecule has 3 aromatic rings. The van der Waals surface area contributed by atoms with Gasteiger partial charge in [-0.25, -0.2) is 8.42 Å². The third-order valence-corrected chi connectivity index (χ3v) is 6.16. The molecule has 0 saturated carbocycles. The van der Waals surface area contributed by atoms with Gasteiger partial charge in [-0.3, -0.25) is 14.8 Å². The van der Waals surface area contributed by atoms with Gasteiger partial charge in [-0.05, 0) is 89.5 Å². The largest absolute Gasteiger partial charge is 0.444 e. The smallest absolute Gasteiger partial charge is 0.293 e. The standard InChI is InChI=1S/C20H18BrN3O4S2/c1-12-4-3-5-13(2)18(12)24-30(26,27)15-8-6-14(7-9-15)22-20(29)23-19(25)16-10-11-17(21)28-16/h3-11,24H,1-2H3,(H2,22,23,25,29). The summed E-state index contributed by atoms with van der Waals surface area (Å²) < 4.78 is 33.7. The van der Waals surface area contributed by atoms with Crippen molar-refractivity contribution in [3.05, 3.63) is 76.2 Å². The third-order valence-electron chi connectivity index (χ3n) is 4.16. The van der Waals surface area contributed by atoms with Crippen LogP contribution in [-0.4, -0.2) is 19.4 Å². The average molecular weight is 508 g/mol. The second kappa shape index (κ2) is 8.99. The molecule has 1 amide bonds. The number of rotatable bonds is 5. The number of benzene rings is 2. The van der Waals surface area contributed by atoms with E-state index in [9.17, 15) is 13.2 Å². The molecule has 3 rings (SSSR count). The van der Waals surface area contributed by atoms with Crippen LogP contribution in [0.2, 0.25) is 0 Å². The van der Waals surface area contributed by atoms with Crippen molar-refractivity contribution >= 4 is 60.6 Å². The number of carbonyl (C=O) groups excluding carboxylic acids is 1. The number of hydrogen-bond acceptors (Lipinski definition) is 5. The van der Waals surface area contributed by atoms with Crippen LogP contribution in [0.3, 0.4) is 0 Å². The molecule has 1 aromatic heterocycles. The van der Waals surface area contributed by atoms with Crippen molar-refractivity contribution in [2.45, 2.75) is 18.7 Å². The van der Waals surface area contributed by atoms with E-state index < -0.39 is 15.9 Å². The van der Waals surface area contributed by atoms with Gasteiger partial charge < -0.3 is 9.73 Å². The van der Waals surface area contributed by atoms with Gasteiger partial charge in [0.05, 0.1) is 10.6 Å². The Kier molecular flexibility index (Phi) is 6.59. The predicted molar refractivity (Wildman–Crippen MR) is 123 cm³/mol. The fourth-order valence-corrected chi connectivity index (χ4v) is 4.37. The molecule has 0 atom stereocenters. The number of halogens is 1. The lowest BCUT2D eigenvalue weighted by Gasteiger charge is -2.14. The van der Waals surface area contributed by atoms with E-state index in [1.807, 2.05) is 32.0 Å². The molecular formula is C20H18BrN3O4S2. The van der Waals surface area contributed by atoms with Gasteiger partial charge in [-0.1, -0.05) is 18.2 Å². The van der Waals surface area contributed by atoms with Gasteiger partial charge in [0, 0.05) is 5.69 Å². The Morgan fingerprint density at radius 3 is 2.20 bits per heavy atom. The number of anilines is 2.